The maximum Gasteiger partial charge on any atom is 0.255 e. The molecule has 0 radical (unpaired) electrons. The van der Waals surface area contributed by atoms with Crippen molar-refractivity contribution in [1.29, 1.82) is 0 Å². The number of aromatic nitrogens is 1. The van der Waals surface area contributed by atoms with Crippen LogP contribution in [0.15, 0.2) is 23.2 Å². The largest absolute Gasteiger partial charge is 0.373 e. The molecule has 0 aliphatic carbocycles. The summed E-state index contributed by atoms with van der Waals surface area (Å²) in [6, 6.07) is 4.56. The van der Waals surface area contributed by atoms with Gasteiger partial charge in [-0.1, -0.05) is 6.07 Å². The molecule has 0 aromatic carbocycles. The molecule has 66 valence electrons. The highest BCUT2D eigenvalue weighted by Gasteiger charge is 2.08. The van der Waals surface area contributed by atoms with Crippen molar-refractivity contribution in [2.75, 3.05) is 12.4 Å². The van der Waals surface area contributed by atoms with E-state index in [1.165, 1.54) is 6.07 Å². The van der Waals surface area contributed by atoms with Gasteiger partial charge < -0.3 is 5.32 Å². The highest BCUT2D eigenvalue weighted by atomic mass is 32.2. The Labute approximate surface area is 70.7 Å². The van der Waals surface area contributed by atoms with E-state index >= 15 is 0 Å². The molecule has 0 unspecified atom stereocenters. The topological polar surface area (TPSA) is 85.1 Å². The standard InChI is InChI=1S/C6H9N3O2S/c1-8-5-3-2-4-6(9-5)12(7,10)11/h2-4H,1H3,(H,8,9)(H2,7,10,11). The maximum absolute atomic E-state index is 10.8. The summed E-state index contributed by atoms with van der Waals surface area (Å²) in [5.41, 5.74) is 0. The van der Waals surface area contributed by atoms with Crippen molar-refractivity contribution in [3.8, 4) is 0 Å². The van der Waals surface area contributed by atoms with Gasteiger partial charge in [-0.25, -0.2) is 18.5 Å². The van der Waals surface area contributed by atoms with Crippen molar-refractivity contribution in [1.82, 2.24) is 4.98 Å². The Morgan fingerprint density at radius 2 is 2.17 bits per heavy atom. The van der Waals surface area contributed by atoms with Crippen LogP contribution in [0.3, 0.4) is 0 Å². The first kappa shape index (κ1) is 8.95. The third kappa shape index (κ3) is 1.93. The zero-order chi connectivity index (χ0) is 9.19. The van der Waals surface area contributed by atoms with E-state index in [2.05, 4.69) is 10.3 Å². The van der Waals surface area contributed by atoms with Gasteiger partial charge in [-0.05, 0) is 12.1 Å². The summed E-state index contributed by atoms with van der Waals surface area (Å²) in [4.78, 5) is 3.74. The van der Waals surface area contributed by atoms with Gasteiger partial charge >= 0.3 is 0 Å². The molecule has 1 aromatic heterocycles. The average molecular weight is 187 g/mol. The van der Waals surface area contributed by atoms with E-state index < -0.39 is 10.0 Å². The van der Waals surface area contributed by atoms with E-state index in [0.29, 0.717) is 5.82 Å². The lowest BCUT2D eigenvalue weighted by Crippen LogP contribution is -2.14. The quantitative estimate of drug-likeness (QED) is 0.669. The molecule has 1 aromatic rings. The van der Waals surface area contributed by atoms with E-state index in [0.717, 1.165) is 0 Å². The van der Waals surface area contributed by atoms with Crippen molar-refractivity contribution in [2.45, 2.75) is 5.03 Å². The Hall–Kier alpha value is -1.14. The summed E-state index contributed by atoms with van der Waals surface area (Å²) in [5, 5.41) is 7.44. The summed E-state index contributed by atoms with van der Waals surface area (Å²) in [6.45, 7) is 0. The summed E-state index contributed by atoms with van der Waals surface area (Å²) >= 11 is 0. The third-order valence-electron chi connectivity index (χ3n) is 1.27. The molecule has 0 saturated heterocycles. The molecule has 0 amide bonds. The number of sulfonamides is 1. The number of hydrogen-bond acceptors (Lipinski definition) is 4. The fraction of sp³-hybridized carbons (Fsp3) is 0.167. The van der Waals surface area contributed by atoms with Gasteiger partial charge in [0.25, 0.3) is 10.0 Å². The molecule has 1 rings (SSSR count). The summed E-state index contributed by atoms with van der Waals surface area (Å²) in [5.74, 6) is 0.474. The first-order valence-corrected chi connectivity index (χ1v) is 4.76. The van der Waals surface area contributed by atoms with Crippen molar-refractivity contribution >= 4 is 15.8 Å². The van der Waals surface area contributed by atoms with E-state index in [1.807, 2.05) is 0 Å². The van der Waals surface area contributed by atoms with Crippen LogP contribution >= 0.6 is 0 Å². The first-order valence-electron chi connectivity index (χ1n) is 3.21. The molecule has 0 bridgehead atoms. The molecule has 12 heavy (non-hydrogen) atoms. The molecule has 0 atom stereocenters. The van der Waals surface area contributed by atoms with Crippen molar-refractivity contribution in [3.05, 3.63) is 18.2 Å². The second-order valence-electron chi connectivity index (χ2n) is 2.16. The third-order valence-corrected chi connectivity index (χ3v) is 2.08. The van der Waals surface area contributed by atoms with Gasteiger partial charge in [0.2, 0.25) is 0 Å². The van der Waals surface area contributed by atoms with Gasteiger partial charge in [-0.15, -0.1) is 0 Å². The van der Waals surface area contributed by atoms with Gasteiger partial charge in [0.15, 0.2) is 5.03 Å². The number of rotatable bonds is 2. The van der Waals surface area contributed by atoms with Crippen LogP contribution in [0.5, 0.6) is 0 Å². The van der Waals surface area contributed by atoms with E-state index in [9.17, 15) is 8.42 Å². The molecular formula is C6H9N3O2S. The monoisotopic (exact) mass is 187 g/mol. The molecule has 0 saturated carbocycles. The molecule has 6 heteroatoms. The second kappa shape index (κ2) is 3.08. The molecule has 3 N–H and O–H groups in total. The van der Waals surface area contributed by atoms with Crippen LogP contribution in [-0.2, 0) is 10.0 Å². The number of nitrogens with zero attached hydrogens (tertiary/aromatic N) is 1. The Balaban J connectivity index is 3.20. The first-order chi connectivity index (χ1) is 5.54. The minimum atomic E-state index is -3.69. The average Bonchev–Trinajstić information content (AvgIpc) is 2.03. The molecule has 0 fully saturated rings. The lowest BCUT2D eigenvalue weighted by molar-refractivity contribution is 0.594. The summed E-state index contributed by atoms with van der Waals surface area (Å²) in [7, 11) is -2.04. The van der Waals surface area contributed by atoms with Crippen molar-refractivity contribution in [3.63, 3.8) is 0 Å². The van der Waals surface area contributed by atoms with Crippen LogP contribution in [0.4, 0.5) is 5.82 Å². The number of hydrogen-bond donors (Lipinski definition) is 2. The Morgan fingerprint density at radius 3 is 2.67 bits per heavy atom. The lowest BCUT2D eigenvalue weighted by Gasteiger charge is -2.00. The van der Waals surface area contributed by atoms with Gasteiger partial charge in [-0.3, -0.25) is 0 Å². The fourth-order valence-electron chi connectivity index (χ4n) is 0.713. The van der Waals surface area contributed by atoms with Crippen LogP contribution in [0.2, 0.25) is 0 Å². The SMILES string of the molecule is CNc1cccc(S(N)(=O)=O)n1. The van der Waals surface area contributed by atoms with Crippen LogP contribution in [-0.4, -0.2) is 20.4 Å². The Morgan fingerprint density at radius 1 is 1.50 bits per heavy atom. The fourth-order valence-corrected chi connectivity index (χ4v) is 1.21. The molecule has 0 aliphatic rings. The number of anilines is 1. The van der Waals surface area contributed by atoms with Crippen LogP contribution < -0.4 is 10.5 Å². The minimum Gasteiger partial charge on any atom is -0.373 e. The van der Waals surface area contributed by atoms with E-state index in [1.54, 1.807) is 19.2 Å². The smallest absolute Gasteiger partial charge is 0.255 e. The second-order valence-corrected chi connectivity index (χ2v) is 3.66. The zero-order valence-electron chi connectivity index (χ0n) is 6.48. The molecule has 1 heterocycles. The minimum absolute atomic E-state index is 0.130. The highest BCUT2D eigenvalue weighted by Crippen LogP contribution is 2.06. The van der Waals surface area contributed by atoms with Crippen LogP contribution in [0, 0.1) is 0 Å². The number of pyridine rings is 1. The lowest BCUT2D eigenvalue weighted by atomic mass is 10.5. The van der Waals surface area contributed by atoms with Crippen molar-refractivity contribution < 1.29 is 8.42 Å². The summed E-state index contributed by atoms with van der Waals surface area (Å²) in [6.07, 6.45) is 0. The van der Waals surface area contributed by atoms with Gasteiger partial charge in [0.1, 0.15) is 5.82 Å². The normalized spacial score (nSPS) is 11.2. The van der Waals surface area contributed by atoms with Crippen molar-refractivity contribution in [2.24, 2.45) is 5.14 Å². The Bertz CT molecular complexity index is 374. The Kier molecular flexibility index (Phi) is 2.30. The number of nitrogens with one attached hydrogen (secondary N) is 1. The molecule has 0 spiro atoms. The van der Waals surface area contributed by atoms with Gasteiger partial charge in [-0.2, -0.15) is 0 Å². The predicted octanol–water partition coefficient (Wildman–Crippen LogP) is -0.229. The maximum atomic E-state index is 10.8. The van der Waals surface area contributed by atoms with E-state index in [-0.39, 0.29) is 5.03 Å². The van der Waals surface area contributed by atoms with E-state index in [4.69, 9.17) is 5.14 Å². The molecular weight excluding hydrogens is 178 g/mol. The number of nitrogens with two attached hydrogens (primary N) is 1. The molecule has 5 nitrogen and oxygen atoms in total. The summed E-state index contributed by atoms with van der Waals surface area (Å²) < 4.78 is 21.6. The molecule has 0 aliphatic heterocycles. The number of primary sulfonamides is 1. The zero-order valence-corrected chi connectivity index (χ0v) is 7.30. The van der Waals surface area contributed by atoms with Gasteiger partial charge in [0.05, 0.1) is 0 Å². The van der Waals surface area contributed by atoms with Crippen LogP contribution in [0.25, 0.3) is 0 Å². The predicted molar refractivity (Wildman–Crippen MR) is 45.2 cm³/mol. The van der Waals surface area contributed by atoms with Gasteiger partial charge in [0, 0.05) is 7.05 Å². The highest BCUT2D eigenvalue weighted by molar-refractivity contribution is 7.89. The van der Waals surface area contributed by atoms with Crippen LogP contribution in [0.1, 0.15) is 0 Å².